The Labute approximate surface area is 51.7 Å². The summed E-state index contributed by atoms with van der Waals surface area (Å²) >= 11 is 5.22. The zero-order valence-electron chi connectivity index (χ0n) is 4.10. The predicted octanol–water partition coefficient (Wildman–Crippen LogP) is 0.152. The maximum atomic E-state index is 9.75. The van der Waals surface area contributed by atoms with Crippen molar-refractivity contribution < 1.29 is 9.90 Å². The van der Waals surface area contributed by atoms with Gasteiger partial charge in [-0.15, -0.1) is 0 Å². The summed E-state index contributed by atoms with van der Waals surface area (Å²) in [5.41, 5.74) is 4.96. The summed E-state index contributed by atoms with van der Waals surface area (Å²) in [5, 5.41) is 8.15. The van der Waals surface area contributed by atoms with Crippen molar-refractivity contribution in [3.8, 4) is 0 Å². The van der Waals surface area contributed by atoms with Crippen LogP contribution in [0.15, 0.2) is 11.1 Å². The van der Waals surface area contributed by atoms with Gasteiger partial charge in [-0.25, -0.2) is 4.79 Å². The van der Waals surface area contributed by atoms with Crippen LogP contribution in [0, 0.1) is 0 Å². The fourth-order valence-corrected chi connectivity index (χ4v) is 0.286. The summed E-state index contributed by atoms with van der Waals surface area (Å²) in [6, 6.07) is 0. The highest BCUT2D eigenvalue weighted by Crippen LogP contribution is 1.95. The van der Waals surface area contributed by atoms with Gasteiger partial charge < -0.3 is 10.8 Å². The van der Waals surface area contributed by atoms with E-state index in [4.69, 9.17) is 22.4 Å². The Morgan fingerprint density at radius 3 is 2.50 bits per heavy atom. The Hall–Kier alpha value is -0.540. The summed E-state index contributed by atoms with van der Waals surface area (Å²) < 4.78 is 0. The second-order valence-corrected chi connectivity index (χ2v) is 1.62. The van der Waals surface area contributed by atoms with E-state index in [1.165, 1.54) is 0 Å². The van der Waals surface area contributed by atoms with Crippen LogP contribution in [0.1, 0.15) is 0 Å². The van der Waals surface area contributed by atoms with E-state index in [1.54, 1.807) is 0 Å². The minimum Gasteiger partial charge on any atom is -0.478 e. The molecule has 0 aliphatic rings. The van der Waals surface area contributed by atoms with Crippen LogP contribution in [0.4, 0.5) is 0 Å². The molecular weight excluding hydrogens is 130 g/mol. The van der Waals surface area contributed by atoms with Gasteiger partial charge in [0.25, 0.3) is 0 Å². The molecule has 0 aliphatic heterocycles. The van der Waals surface area contributed by atoms with Gasteiger partial charge in [0.1, 0.15) is 0 Å². The molecule has 0 bridgehead atoms. The molecule has 0 spiro atoms. The number of carboxylic acids is 1. The molecule has 0 heterocycles. The van der Waals surface area contributed by atoms with Crippen LogP contribution >= 0.6 is 11.6 Å². The molecule has 46 valence electrons. The quantitative estimate of drug-likeness (QED) is 0.530. The number of hydrogen-bond acceptors (Lipinski definition) is 2. The number of carbonyl (C=O) groups is 1. The predicted molar refractivity (Wildman–Crippen MR) is 30.6 cm³/mol. The molecule has 3 nitrogen and oxygen atoms in total. The van der Waals surface area contributed by atoms with Gasteiger partial charge in [0.2, 0.25) is 0 Å². The second kappa shape index (κ2) is 3.46. The average Bonchev–Trinajstić information content (AvgIpc) is 1.65. The molecular formula is C4H6ClNO2. The molecule has 0 aromatic heterocycles. The molecule has 0 saturated carbocycles. The molecule has 3 N–H and O–H groups in total. The Morgan fingerprint density at radius 2 is 2.38 bits per heavy atom. The topological polar surface area (TPSA) is 63.3 Å². The molecule has 0 saturated heterocycles. The van der Waals surface area contributed by atoms with E-state index in [0.717, 1.165) is 6.08 Å². The third-order valence-electron chi connectivity index (χ3n) is 0.475. The van der Waals surface area contributed by atoms with E-state index >= 15 is 0 Å². The maximum Gasteiger partial charge on any atom is 0.329 e. The smallest absolute Gasteiger partial charge is 0.329 e. The number of carboxylic acid groups (broad SMARTS) is 1. The van der Waals surface area contributed by atoms with E-state index < -0.39 is 5.97 Å². The number of halogens is 1. The van der Waals surface area contributed by atoms with Crippen LogP contribution in [0.2, 0.25) is 0 Å². The highest BCUT2D eigenvalue weighted by atomic mass is 35.5. The van der Waals surface area contributed by atoms with Gasteiger partial charge in [0, 0.05) is 17.7 Å². The number of aliphatic carboxylic acids is 1. The van der Waals surface area contributed by atoms with Crippen LogP contribution in [-0.2, 0) is 4.79 Å². The summed E-state index contributed by atoms with van der Waals surface area (Å²) in [4.78, 5) is 9.75. The molecule has 0 aromatic rings. The van der Waals surface area contributed by atoms with E-state index in [9.17, 15) is 4.79 Å². The van der Waals surface area contributed by atoms with Gasteiger partial charge in [-0.3, -0.25) is 0 Å². The van der Waals surface area contributed by atoms with Crippen molar-refractivity contribution in [3.63, 3.8) is 0 Å². The molecule has 0 amide bonds. The minimum atomic E-state index is -1.07. The van der Waals surface area contributed by atoms with Crippen molar-refractivity contribution in [2.75, 3.05) is 6.54 Å². The molecule has 0 aliphatic carbocycles. The Kier molecular flexibility index (Phi) is 3.23. The minimum absolute atomic E-state index is 0.0772. The molecule has 0 aromatic carbocycles. The fraction of sp³-hybridized carbons (Fsp3) is 0.250. The van der Waals surface area contributed by atoms with Crippen LogP contribution in [-0.4, -0.2) is 17.6 Å². The highest BCUT2D eigenvalue weighted by molar-refractivity contribution is 6.31. The zero-order valence-corrected chi connectivity index (χ0v) is 4.85. The van der Waals surface area contributed by atoms with Gasteiger partial charge >= 0.3 is 5.97 Å². The summed E-state index contributed by atoms with van der Waals surface area (Å²) in [7, 11) is 0. The monoisotopic (exact) mass is 135 g/mol. The molecule has 0 atom stereocenters. The Balaban J connectivity index is 3.75. The van der Waals surface area contributed by atoms with E-state index in [0.29, 0.717) is 0 Å². The third-order valence-corrected chi connectivity index (χ3v) is 0.739. The molecule has 0 unspecified atom stereocenters. The second-order valence-electron chi connectivity index (χ2n) is 1.13. The van der Waals surface area contributed by atoms with Crippen molar-refractivity contribution >= 4 is 17.6 Å². The van der Waals surface area contributed by atoms with Crippen LogP contribution < -0.4 is 5.73 Å². The third kappa shape index (κ3) is 3.64. The zero-order chi connectivity index (χ0) is 6.57. The maximum absolute atomic E-state index is 9.75. The van der Waals surface area contributed by atoms with E-state index in [2.05, 4.69) is 0 Å². The fourth-order valence-electron chi connectivity index (χ4n) is 0.193. The van der Waals surface area contributed by atoms with Gasteiger partial charge in [0.05, 0.1) is 0 Å². The van der Waals surface area contributed by atoms with Gasteiger partial charge in [-0.05, 0) is 0 Å². The lowest BCUT2D eigenvalue weighted by Gasteiger charge is -1.85. The van der Waals surface area contributed by atoms with Crippen molar-refractivity contribution in [3.05, 3.63) is 11.1 Å². The summed E-state index contributed by atoms with van der Waals surface area (Å²) in [6.07, 6.45) is 0.863. The molecule has 4 heteroatoms. The lowest BCUT2D eigenvalue weighted by Crippen LogP contribution is -2.00. The lowest BCUT2D eigenvalue weighted by molar-refractivity contribution is -0.131. The van der Waals surface area contributed by atoms with Crippen LogP contribution in [0.3, 0.4) is 0 Å². The Bertz CT molecular complexity index is 121. The van der Waals surface area contributed by atoms with Gasteiger partial charge in [0.15, 0.2) is 0 Å². The standard InChI is InChI=1S/C4H6ClNO2/c5-3(2-6)1-4(7)8/h1H,2,6H2,(H,7,8)/b3-1-. The first-order chi connectivity index (χ1) is 3.66. The van der Waals surface area contributed by atoms with Crippen molar-refractivity contribution in [1.29, 1.82) is 0 Å². The van der Waals surface area contributed by atoms with Crippen molar-refractivity contribution in [2.45, 2.75) is 0 Å². The first-order valence-corrected chi connectivity index (χ1v) is 2.33. The lowest BCUT2D eigenvalue weighted by atomic mass is 10.5. The number of nitrogens with two attached hydrogens (primary N) is 1. The Morgan fingerprint density at radius 1 is 1.88 bits per heavy atom. The van der Waals surface area contributed by atoms with E-state index in [1.807, 2.05) is 0 Å². The van der Waals surface area contributed by atoms with Gasteiger partial charge in [-0.1, -0.05) is 11.6 Å². The SMILES string of the molecule is NC/C(Cl)=C/C(=O)O. The molecule has 8 heavy (non-hydrogen) atoms. The van der Waals surface area contributed by atoms with Crippen molar-refractivity contribution in [1.82, 2.24) is 0 Å². The van der Waals surface area contributed by atoms with Gasteiger partial charge in [-0.2, -0.15) is 0 Å². The van der Waals surface area contributed by atoms with Crippen molar-refractivity contribution in [2.24, 2.45) is 5.73 Å². The largest absolute Gasteiger partial charge is 0.478 e. The summed E-state index contributed by atoms with van der Waals surface area (Å²) in [5.74, 6) is -1.07. The first kappa shape index (κ1) is 7.46. The molecule has 0 fully saturated rings. The molecule has 0 radical (unpaired) electrons. The van der Waals surface area contributed by atoms with E-state index in [-0.39, 0.29) is 11.6 Å². The molecule has 0 rings (SSSR count). The highest BCUT2D eigenvalue weighted by Gasteiger charge is 1.90. The van der Waals surface area contributed by atoms with Crippen LogP contribution in [0.25, 0.3) is 0 Å². The number of hydrogen-bond donors (Lipinski definition) is 2. The normalized spacial score (nSPS) is 11.5. The van der Waals surface area contributed by atoms with Crippen LogP contribution in [0.5, 0.6) is 0 Å². The average molecular weight is 136 g/mol. The first-order valence-electron chi connectivity index (χ1n) is 1.96. The number of rotatable bonds is 2. The summed E-state index contributed by atoms with van der Waals surface area (Å²) in [6.45, 7) is 0.0772.